The maximum Gasteiger partial charge on any atom is 0.332 e. The van der Waals surface area contributed by atoms with Crippen molar-refractivity contribution in [1.82, 2.24) is 5.32 Å². The van der Waals surface area contributed by atoms with Gasteiger partial charge in [0, 0.05) is 24.3 Å². The highest BCUT2D eigenvalue weighted by molar-refractivity contribution is 5.86. The van der Waals surface area contributed by atoms with Crippen LogP contribution in [-0.2, 0) is 9.53 Å². The predicted molar refractivity (Wildman–Crippen MR) is 53.2 cm³/mol. The highest BCUT2D eigenvalue weighted by atomic mass is 16.5. The Kier molecular flexibility index (Phi) is 3.66. The Hall–Kier alpha value is -0.870. The van der Waals surface area contributed by atoms with E-state index in [0.717, 1.165) is 19.4 Å². The Morgan fingerprint density at radius 2 is 2.43 bits per heavy atom. The van der Waals surface area contributed by atoms with Crippen molar-refractivity contribution in [3.63, 3.8) is 0 Å². The summed E-state index contributed by atoms with van der Waals surface area (Å²) in [5.74, 6) is -0.946. The number of carbonyl (C=O) groups is 1. The number of rotatable bonds is 4. The van der Waals surface area contributed by atoms with Crippen molar-refractivity contribution in [1.29, 1.82) is 0 Å². The maximum atomic E-state index is 10.5. The minimum absolute atomic E-state index is 0.101. The first-order valence-corrected chi connectivity index (χ1v) is 4.77. The van der Waals surface area contributed by atoms with Gasteiger partial charge < -0.3 is 15.2 Å². The largest absolute Gasteiger partial charge is 0.478 e. The Labute approximate surface area is 83.9 Å². The molecular weight excluding hydrogens is 182 g/mol. The van der Waals surface area contributed by atoms with Gasteiger partial charge in [0.25, 0.3) is 0 Å². The van der Waals surface area contributed by atoms with Crippen molar-refractivity contribution in [3.05, 3.63) is 12.2 Å². The fourth-order valence-corrected chi connectivity index (χ4v) is 1.47. The highest BCUT2D eigenvalue weighted by Gasteiger charge is 2.27. The first kappa shape index (κ1) is 11.2. The summed E-state index contributed by atoms with van der Waals surface area (Å²) in [5, 5.41) is 11.8. The van der Waals surface area contributed by atoms with Gasteiger partial charge in [0.05, 0.1) is 6.61 Å². The zero-order valence-electron chi connectivity index (χ0n) is 8.51. The standard InChI is InChI=1S/C10H17NO3/c1-8(9(12)13)6-11-10(2)4-3-5-14-7-10/h11H,1,3-7H2,2H3,(H,12,13). The Morgan fingerprint density at radius 3 is 2.93 bits per heavy atom. The predicted octanol–water partition coefficient (Wildman–Crippen LogP) is 0.786. The van der Waals surface area contributed by atoms with E-state index >= 15 is 0 Å². The Morgan fingerprint density at radius 1 is 1.71 bits per heavy atom. The molecule has 1 fully saturated rings. The third kappa shape index (κ3) is 3.12. The summed E-state index contributed by atoms with van der Waals surface area (Å²) in [6.07, 6.45) is 2.03. The third-order valence-corrected chi connectivity index (χ3v) is 2.47. The van der Waals surface area contributed by atoms with Crippen LogP contribution in [0.4, 0.5) is 0 Å². The lowest BCUT2D eigenvalue weighted by Gasteiger charge is -2.34. The second kappa shape index (κ2) is 4.57. The summed E-state index contributed by atoms with van der Waals surface area (Å²) in [5.41, 5.74) is 0.0909. The van der Waals surface area contributed by atoms with Gasteiger partial charge in [-0.1, -0.05) is 6.58 Å². The molecule has 0 saturated carbocycles. The van der Waals surface area contributed by atoms with Crippen LogP contribution in [0.15, 0.2) is 12.2 Å². The van der Waals surface area contributed by atoms with Crippen molar-refractivity contribution in [2.45, 2.75) is 25.3 Å². The van der Waals surface area contributed by atoms with Gasteiger partial charge in [-0.25, -0.2) is 4.79 Å². The van der Waals surface area contributed by atoms with Crippen LogP contribution < -0.4 is 5.32 Å². The monoisotopic (exact) mass is 199 g/mol. The van der Waals surface area contributed by atoms with E-state index in [1.54, 1.807) is 0 Å². The average molecular weight is 199 g/mol. The van der Waals surface area contributed by atoms with Gasteiger partial charge in [0.1, 0.15) is 0 Å². The van der Waals surface area contributed by atoms with Gasteiger partial charge >= 0.3 is 5.97 Å². The lowest BCUT2D eigenvalue weighted by molar-refractivity contribution is -0.132. The van der Waals surface area contributed by atoms with Gasteiger partial charge in [-0.15, -0.1) is 0 Å². The first-order chi connectivity index (χ1) is 6.53. The fraction of sp³-hybridized carbons (Fsp3) is 0.700. The molecule has 80 valence electrons. The molecule has 1 rings (SSSR count). The molecule has 14 heavy (non-hydrogen) atoms. The van der Waals surface area contributed by atoms with E-state index in [9.17, 15) is 4.79 Å². The van der Waals surface area contributed by atoms with Crippen LogP contribution in [0.3, 0.4) is 0 Å². The van der Waals surface area contributed by atoms with Gasteiger partial charge in [-0.2, -0.15) is 0 Å². The van der Waals surface area contributed by atoms with Gasteiger partial charge in [0.15, 0.2) is 0 Å². The Bertz CT molecular complexity index is 232. The molecule has 4 nitrogen and oxygen atoms in total. The summed E-state index contributed by atoms with van der Waals surface area (Å²) in [4.78, 5) is 10.5. The zero-order chi connectivity index (χ0) is 10.6. The van der Waals surface area contributed by atoms with E-state index < -0.39 is 5.97 Å². The first-order valence-electron chi connectivity index (χ1n) is 4.77. The molecule has 2 N–H and O–H groups in total. The Balaban J connectivity index is 2.35. The molecule has 0 aromatic carbocycles. The average Bonchev–Trinajstić information content (AvgIpc) is 2.15. The van der Waals surface area contributed by atoms with Gasteiger partial charge in [0.2, 0.25) is 0 Å². The normalized spacial score (nSPS) is 27.2. The topological polar surface area (TPSA) is 58.6 Å². The van der Waals surface area contributed by atoms with Crippen molar-refractivity contribution in [2.24, 2.45) is 0 Å². The summed E-state index contributed by atoms with van der Waals surface area (Å²) in [6.45, 7) is 7.27. The summed E-state index contributed by atoms with van der Waals surface area (Å²) >= 11 is 0. The molecule has 0 aromatic rings. The number of carboxylic acids is 1. The molecule has 1 saturated heterocycles. The summed E-state index contributed by atoms with van der Waals surface area (Å²) in [6, 6.07) is 0. The SMILES string of the molecule is C=C(CNC1(C)CCCOC1)C(=O)O. The number of nitrogens with one attached hydrogen (secondary N) is 1. The highest BCUT2D eigenvalue weighted by Crippen LogP contribution is 2.18. The minimum atomic E-state index is -0.946. The van der Waals surface area contributed by atoms with Crippen molar-refractivity contribution in [3.8, 4) is 0 Å². The molecule has 1 heterocycles. The van der Waals surface area contributed by atoms with Crippen LogP contribution >= 0.6 is 0 Å². The van der Waals surface area contributed by atoms with E-state index in [-0.39, 0.29) is 11.1 Å². The van der Waals surface area contributed by atoms with Crippen LogP contribution in [0.1, 0.15) is 19.8 Å². The molecule has 0 bridgehead atoms. The lowest BCUT2D eigenvalue weighted by Crippen LogP contribution is -2.49. The summed E-state index contributed by atoms with van der Waals surface area (Å²) in [7, 11) is 0. The molecule has 0 aliphatic carbocycles. The van der Waals surface area contributed by atoms with E-state index in [1.807, 2.05) is 6.92 Å². The molecule has 0 radical (unpaired) electrons. The number of ether oxygens (including phenoxy) is 1. The van der Waals surface area contributed by atoms with E-state index in [4.69, 9.17) is 9.84 Å². The molecular formula is C10H17NO3. The number of aliphatic carboxylic acids is 1. The van der Waals surface area contributed by atoms with Crippen LogP contribution in [-0.4, -0.2) is 36.4 Å². The van der Waals surface area contributed by atoms with Gasteiger partial charge in [-0.3, -0.25) is 0 Å². The molecule has 0 spiro atoms. The quantitative estimate of drug-likeness (QED) is 0.657. The fourth-order valence-electron chi connectivity index (χ4n) is 1.47. The van der Waals surface area contributed by atoms with Crippen LogP contribution in [0.2, 0.25) is 0 Å². The minimum Gasteiger partial charge on any atom is -0.478 e. The van der Waals surface area contributed by atoms with Crippen LogP contribution in [0.25, 0.3) is 0 Å². The van der Waals surface area contributed by atoms with Crippen molar-refractivity contribution in [2.75, 3.05) is 19.8 Å². The second-order valence-electron chi connectivity index (χ2n) is 3.98. The van der Waals surface area contributed by atoms with E-state index in [0.29, 0.717) is 13.2 Å². The number of carboxylic acid groups (broad SMARTS) is 1. The molecule has 0 aromatic heterocycles. The van der Waals surface area contributed by atoms with Crippen molar-refractivity contribution < 1.29 is 14.6 Å². The van der Waals surface area contributed by atoms with E-state index in [2.05, 4.69) is 11.9 Å². The van der Waals surface area contributed by atoms with Gasteiger partial charge in [-0.05, 0) is 19.8 Å². The third-order valence-electron chi connectivity index (χ3n) is 2.47. The number of hydrogen-bond donors (Lipinski definition) is 2. The molecule has 1 aliphatic rings. The molecule has 4 heteroatoms. The lowest BCUT2D eigenvalue weighted by atomic mass is 9.94. The maximum absolute atomic E-state index is 10.5. The van der Waals surface area contributed by atoms with Crippen LogP contribution in [0, 0.1) is 0 Å². The second-order valence-corrected chi connectivity index (χ2v) is 3.98. The molecule has 1 unspecified atom stereocenters. The summed E-state index contributed by atoms with van der Waals surface area (Å²) < 4.78 is 5.34. The van der Waals surface area contributed by atoms with E-state index in [1.165, 1.54) is 0 Å². The van der Waals surface area contributed by atoms with Crippen molar-refractivity contribution >= 4 is 5.97 Å². The zero-order valence-corrected chi connectivity index (χ0v) is 8.51. The molecule has 0 amide bonds. The smallest absolute Gasteiger partial charge is 0.332 e. The number of hydrogen-bond acceptors (Lipinski definition) is 3. The van der Waals surface area contributed by atoms with Crippen LogP contribution in [0.5, 0.6) is 0 Å². The molecule has 1 aliphatic heterocycles. The molecule has 1 atom stereocenters.